The van der Waals surface area contributed by atoms with Crippen LogP contribution in [0.1, 0.15) is 0 Å². The zero-order valence-electron chi connectivity index (χ0n) is 11.1. The minimum Gasteiger partial charge on any atom is -0.382 e. The number of ether oxygens (including phenoxy) is 2. The summed E-state index contributed by atoms with van der Waals surface area (Å²) in [6.07, 6.45) is 1.60. The normalized spacial score (nSPS) is 10.8. The lowest BCUT2D eigenvalue weighted by Gasteiger charge is -2.08. The molecule has 8 heteroatoms. The van der Waals surface area contributed by atoms with Crippen LogP contribution in [0, 0.1) is 0 Å². The van der Waals surface area contributed by atoms with Gasteiger partial charge in [0.2, 0.25) is 5.95 Å². The number of anilines is 2. The van der Waals surface area contributed by atoms with E-state index >= 15 is 0 Å². The maximum Gasteiger partial charge on any atom is 0.226 e. The van der Waals surface area contributed by atoms with Crippen molar-refractivity contribution < 1.29 is 9.47 Å². The molecule has 0 saturated carbocycles. The monoisotopic (exact) mass is 266 g/mol. The molecule has 104 valence electrons. The predicted molar refractivity (Wildman–Crippen MR) is 72.4 cm³/mol. The van der Waals surface area contributed by atoms with Gasteiger partial charge in [-0.05, 0) is 0 Å². The molecule has 0 aromatic carbocycles. The average Bonchev–Trinajstić information content (AvgIpc) is 2.90. The van der Waals surface area contributed by atoms with Crippen molar-refractivity contribution in [3.63, 3.8) is 0 Å². The van der Waals surface area contributed by atoms with Crippen LogP contribution in [-0.4, -0.2) is 60.5 Å². The van der Waals surface area contributed by atoms with E-state index in [9.17, 15) is 0 Å². The summed E-state index contributed by atoms with van der Waals surface area (Å²) < 4.78 is 10.3. The Morgan fingerprint density at radius 2 is 2.16 bits per heavy atom. The molecule has 3 N–H and O–H groups in total. The van der Waals surface area contributed by atoms with Gasteiger partial charge in [0.15, 0.2) is 11.5 Å². The Hall–Kier alpha value is -1.93. The quantitative estimate of drug-likeness (QED) is 0.597. The second-order valence-electron chi connectivity index (χ2n) is 3.78. The molecule has 2 aromatic rings. The first-order valence-electron chi connectivity index (χ1n) is 6.04. The predicted octanol–water partition coefficient (Wildman–Crippen LogP) is 0.469. The Kier molecular flexibility index (Phi) is 4.87. The van der Waals surface area contributed by atoms with Crippen LogP contribution in [0.4, 0.5) is 11.8 Å². The van der Waals surface area contributed by atoms with Gasteiger partial charge in [-0.2, -0.15) is 9.97 Å². The molecular formula is C11H18N6O2. The van der Waals surface area contributed by atoms with Gasteiger partial charge in [0, 0.05) is 20.7 Å². The molecule has 0 aliphatic rings. The van der Waals surface area contributed by atoms with Gasteiger partial charge in [0.05, 0.1) is 26.1 Å². The summed E-state index contributed by atoms with van der Waals surface area (Å²) in [7, 11) is 3.42. The summed E-state index contributed by atoms with van der Waals surface area (Å²) in [6, 6.07) is 0. The maximum absolute atomic E-state index is 5.37. The van der Waals surface area contributed by atoms with Crippen molar-refractivity contribution in [2.24, 2.45) is 0 Å². The van der Waals surface area contributed by atoms with Crippen molar-refractivity contribution in [2.75, 3.05) is 51.2 Å². The summed E-state index contributed by atoms with van der Waals surface area (Å²) in [5.74, 6) is 1.24. The van der Waals surface area contributed by atoms with E-state index < -0.39 is 0 Å². The SMILES string of the molecule is CNc1nc(NCCOCCOC)c2[nH]cnc2n1. The minimum absolute atomic E-state index is 0.530. The van der Waals surface area contributed by atoms with Crippen LogP contribution >= 0.6 is 0 Å². The molecule has 0 fully saturated rings. The third kappa shape index (κ3) is 3.52. The summed E-state index contributed by atoms with van der Waals surface area (Å²) in [4.78, 5) is 15.7. The number of hydrogen-bond acceptors (Lipinski definition) is 7. The maximum atomic E-state index is 5.37. The highest BCUT2D eigenvalue weighted by Crippen LogP contribution is 2.17. The Bertz CT molecular complexity index is 515. The lowest BCUT2D eigenvalue weighted by Crippen LogP contribution is -2.13. The van der Waals surface area contributed by atoms with Crippen molar-refractivity contribution in [3.8, 4) is 0 Å². The van der Waals surface area contributed by atoms with Crippen LogP contribution in [0.2, 0.25) is 0 Å². The Labute approximate surface area is 110 Å². The molecule has 0 bridgehead atoms. The molecule has 2 rings (SSSR count). The third-order valence-corrected chi connectivity index (χ3v) is 2.48. The van der Waals surface area contributed by atoms with Crippen molar-refractivity contribution in [1.29, 1.82) is 0 Å². The minimum atomic E-state index is 0.530. The smallest absolute Gasteiger partial charge is 0.226 e. The van der Waals surface area contributed by atoms with Gasteiger partial charge in [0.1, 0.15) is 5.52 Å². The lowest BCUT2D eigenvalue weighted by atomic mass is 10.4. The molecule has 0 aliphatic carbocycles. The standard InChI is InChI=1S/C11H18N6O2/c1-12-11-16-9(8-10(17-11)15-7-14-8)13-3-4-19-6-5-18-2/h7H,3-6H2,1-2H3,(H3,12,13,14,15,16,17). The van der Waals surface area contributed by atoms with E-state index in [4.69, 9.17) is 9.47 Å². The van der Waals surface area contributed by atoms with E-state index in [0.29, 0.717) is 43.8 Å². The zero-order chi connectivity index (χ0) is 13.5. The van der Waals surface area contributed by atoms with Crippen molar-refractivity contribution in [1.82, 2.24) is 19.9 Å². The summed E-state index contributed by atoms with van der Waals surface area (Å²) in [5.41, 5.74) is 1.41. The molecule has 8 nitrogen and oxygen atoms in total. The Morgan fingerprint density at radius 1 is 1.26 bits per heavy atom. The molecule has 19 heavy (non-hydrogen) atoms. The number of H-pyrrole nitrogens is 1. The van der Waals surface area contributed by atoms with Crippen LogP contribution in [0.25, 0.3) is 11.2 Å². The fraction of sp³-hybridized carbons (Fsp3) is 0.545. The summed E-state index contributed by atoms with van der Waals surface area (Å²) in [5, 5.41) is 6.10. The number of imidazole rings is 1. The Balaban J connectivity index is 1.93. The van der Waals surface area contributed by atoms with Crippen LogP contribution in [0.3, 0.4) is 0 Å². The third-order valence-electron chi connectivity index (χ3n) is 2.48. The van der Waals surface area contributed by atoms with E-state index in [1.165, 1.54) is 0 Å². The van der Waals surface area contributed by atoms with E-state index in [1.807, 2.05) is 0 Å². The van der Waals surface area contributed by atoms with Crippen molar-refractivity contribution in [2.45, 2.75) is 0 Å². The number of aromatic amines is 1. The molecule has 0 radical (unpaired) electrons. The van der Waals surface area contributed by atoms with Crippen LogP contribution in [0.15, 0.2) is 6.33 Å². The van der Waals surface area contributed by atoms with E-state index in [2.05, 4.69) is 30.6 Å². The number of hydrogen-bond donors (Lipinski definition) is 3. The van der Waals surface area contributed by atoms with Gasteiger partial charge in [-0.25, -0.2) is 4.98 Å². The molecule has 2 aromatic heterocycles. The number of nitrogens with zero attached hydrogens (tertiary/aromatic N) is 3. The number of rotatable bonds is 8. The fourth-order valence-electron chi connectivity index (χ4n) is 1.56. The Morgan fingerprint density at radius 3 is 2.95 bits per heavy atom. The molecule has 0 spiro atoms. The van der Waals surface area contributed by atoms with E-state index in [0.717, 1.165) is 5.52 Å². The highest BCUT2D eigenvalue weighted by molar-refractivity contribution is 5.83. The lowest BCUT2D eigenvalue weighted by molar-refractivity contribution is 0.0759. The summed E-state index contributed by atoms with van der Waals surface area (Å²) >= 11 is 0. The van der Waals surface area contributed by atoms with Gasteiger partial charge in [-0.15, -0.1) is 0 Å². The first-order valence-corrected chi connectivity index (χ1v) is 6.04. The molecule has 0 aliphatic heterocycles. The van der Waals surface area contributed by atoms with Crippen molar-refractivity contribution >= 4 is 22.9 Å². The molecule has 0 atom stereocenters. The topological polar surface area (TPSA) is 97.0 Å². The first kappa shape index (κ1) is 13.5. The van der Waals surface area contributed by atoms with Crippen LogP contribution in [0.5, 0.6) is 0 Å². The van der Waals surface area contributed by atoms with E-state index in [-0.39, 0.29) is 0 Å². The van der Waals surface area contributed by atoms with Gasteiger partial charge in [0.25, 0.3) is 0 Å². The second kappa shape index (κ2) is 6.86. The van der Waals surface area contributed by atoms with E-state index in [1.54, 1.807) is 20.5 Å². The molecular weight excluding hydrogens is 248 g/mol. The molecule has 2 heterocycles. The van der Waals surface area contributed by atoms with Crippen molar-refractivity contribution in [3.05, 3.63) is 6.33 Å². The van der Waals surface area contributed by atoms with Gasteiger partial charge < -0.3 is 25.1 Å². The fourth-order valence-corrected chi connectivity index (χ4v) is 1.56. The first-order chi connectivity index (χ1) is 9.35. The zero-order valence-corrected chi connectivity index (χ0v) is 11.1. The number of fused-ring (bicyclic) bond motifs is 1. The highest BCUT2D eigenvalue weighted by Gasteiger charge is 2.08. The average molecular weight is 266 g/mol. The second-order valence-corrected chi connectivity index (χ2v) is 3.78. The van der Waals surface area contributed by atoms with Crippen LogP contribution in [-0.2, 0) is 9.47 Å². The molecule has 0 saturated heterocycles. The van der Waals surface area contributed by atoms with Crippen LogP contribution < -0.4 is 10.6 Å². The number of methoxy groups -OCH3 is 1. The largest absolute Gasteiger partial charge is 0.382 e. The summed E-state index contributed by atoms with van der Waals surface area (Å²) in [6.45, 7) is 2.42. The van der Waals surface area contributed by atoms with Gasteiger partial charge in [-0.3, -0.25) is 0 Å². The number of nitrogens with one attached hydrogen (secondary N) is 3. The highest BCUT2D eigenvalue weighted by atomic mass is 16.5. The molecule has 0 unspecified atom stereocenters. The molecule has 0 amide bonds. The number of aromatic nitrogens is 4. The van der Waals surface area contributed by atoms with Gasteiger partial charge in [-0.1, -0.05) is 0 Å². The van der Waals surface area contributed by atoms with Gasteiger partial charge >= 0.3 is 0 Å².